The van der Waals surface area contributed by atoms with Gasteiger partial charge in [-0.1, -0.05) is 6.92 Å². The fourth-order valence-electron chi connectivity index (χ4n) is 1.81. The molecule has 0 aliphatic carbocycles. The number of carbonyl (C=O) groups excluding carboxylic acids is 2. The Kier molecular flexibility index (Phi) is 8.75. The highest BCUT2D eigenvalue weighted by Gasteiger charge is 2.08. The maximum absolute atomic E-state index is 12.0. The smallest absolute Gasteiger partial charge is 0.319 e. The highest BCUT2D eigenvalue weighted by Crippen LogP contribution is 2.09. The van der Waals surface area contributed by atoms with Gasteiger partial charge >= 0.3 is 6.03 Å². The number of benzene rings is 1. The van der Waals surface area contributed by atoms with Gasteiger partial charge in [0.25, 0.3) is 5.91 Å². The van der Waals surface area contributed by atoms with Crippen molar-refractivity contribution in [3.05, 3.63) is 29.8 Å². The number of hydrogen-bond acceptors (Lipinski definition) is 3. The Hall–Kier alpha value is -2.08. The quantitative estimate of drug-likeness (QED) is 0.612. The maximum Gasteiger partial charge on any atom is 0.319 e. The fraction of sp³-hybridized carbons (Fsp3) is 0.529. The molecule has 3 amide bonds. The number of nitrogens with one attached hydrogen (secondary N) is 3. The molecule has 0 heterocycles. The Balaban J connectivity index is 2.38. The second kappa shape index (κ2) is 10.6. The van der Waals surface area contributed by atoms with Gasteiger partial charge in [0.1, 0.15) is 0 Å². The fourth-order valence-corrected chi connectivity index (χ4v) is 1.81. The standard InChI is InChI=1S/C17H27N3O3/c1-4-13(3)19-16(21)14-7-9-15(10-8-14)20-17(22)18-11-6-12-23-5-2/h7-10,13H,4-6,11-12H2,1-3H3,(H,19,21)(H2,18,20,22). The molecule has 0 bridgehead atoms. The largest absolute Gasteiger partial charge is 0.382 e. The lowest BCUT2D eigenvalue weighted by Gasteiger charge is -2.12. The van der Waals surface area contributed by atoms with Gasteiger partial charge in [-0.2, -0.15) is 0 Å². The van der Waals surface area contributed by atoms with Gasteiger partial charge in [-0.05, 0) is 51.0 Å². The number of urea groups is 1. The lowest BCUT2D eigenvalue weighted by Crippen LogP contribution is -2.32. The van der Waals surface area contributed by atoms with E-state index in [2.05, 4.69) is 16.0 Å². The molecule has 1 aromatic carbocycles. The van der Waals surface area contributed by atoms with Crippen LogP contribution in [0.3, 0.4) is 0 Å². The Morgan fingerprint density at radius 1 is 1.17 bits per heavy atom. The van der Waals surface area contributed by atoms with E-state index >= 15 is 0 Å². The second-order valence-electron chi connectivity index (χ2n) is 5.29. The summed E-state index contributed by atoms with van der Waals surface area (Å²) in [6, 6.07) is 6.70. The van der Waals surface area contributed by atoms with Crippen LogP contribution in [-0.2, 0) is 4.74 Å². The first-order valence-electron chi connectivity index (χ1n) is 8.10. The zero-order valence-electron chi connectivity index (χ0n) is 14.1. The Morgan fingerprint density at radius 2 is 1.87 bits per heavy atom. The van der Waals surface area contributed by atoms with Crippen molar-refractivity contribution in [2.75, 3.05) is 25.1 Å². The van der Waals surface area contributed by atoms with Gasteiger partial charge in [-0.15, -0.1) is 0 Å². The lowest BCUT2D eigenvalue weighted by molar-refractivity contribution is 0.0939. The summed E-state index contributed by atoms with van der Waals surface area (Å²) in [6.45, 7) is 7.79. The molecule has 1 atom stereocenters. The molecule has 0 aliphatic heterocycles. The summed E-state index contributed by atoms with van der Waals surface area (Å²) in [5.41, 5.74) is 1.22. The molecule has 128 valence electrons. The van der Waals surface area contributed by atoms with E-state index in [0.29, 0.717) is 31.0 Å². The van der Waals surface area contributed by atoms with E-state index in [9.17, 15) is 9.59 Å². The van der Waals surface area contributed by atoms with Crippen molar-refractivity contribution in [2.45, 2.75) is 39.7 Å². The van der Waals surface area contributed by atoms with E-state index in [1.165, 1.54) is 0 Å². The molecular weight excluding hydrogens is 294 g/mol. The molecule has 1 aromatic rings. The van der Waals surface area contributed by atoms with Gasteiger partial charge in [0.15, 0.2) is 0 Å². The van der Waals surface area contributed by atoms with E-state index in [1.807, 2.05) is 20.8 Å². The van der Waals surface area contributed by atoms with Crippen molar-refractivity contribution in [1.29, 1.82) is 0 Å². The molecule has 0 aromatic heterocycles. The maximum atomic E-state index is 12.0. The van der Waals surface area contributed by atoms with Gasteiger partial charge in [-0.3, -0.25) is 4.79 Å². The van der Waals surface area contributed by atoms with E-state index < -0.39 is 0 Å². The summed E-state index contributed by atoms with van der Waals surface area (Å²) in [4.78, 5) is 23.7. The normalized spacial score (nSPS) is 11.6. The van der Waals surface area contributed by atoms with Gasteiger partial charge in [0.2, 0.25) is 0 Å². The molecule has 6 heteroatoms. The number of ether oxygens (including phenoxy) is 1. The SMILES string of the molecule is CCOCCCNC(=O)Nc1ccc(C(=O)NC(C)CC)cc1. The van der Waals surface area contributed by atoms with Crippen LogP contribution in [0.4, 0.5) is 10.5 Å². The monoisotopic (exact) mass is 321 g/mol. The average molecular weight is 321 g/mol. The molecule has 0 spiro atoms. The summed E-state index contributed by atoms with van der Waals surface area (Å²) >= 11 is 0. The van der Waals surface area contributed by atoms with Crippen LogP contribution in [0.2, 0.25) is 0 Å². The lowest BCUT2D eigenvalue weighted by atomic mass is 10.1. The summed E-state index contributed by atoms with van der Waals surface area (Å²) in [5.74, 6) is -0.105. The minimum atomic E-state index is -0.265. The summed E-state index contributed by atoms with van der Waals surface area (Å²) in [7, 11) is 0. The van der Waals surface area contributed by atoms with Crippen LogP contribution in [0.5, 0.6) is 0 Å². The third-order valence-electron chi connectivity index (χ3n) is 3.35. The van der Waals surface area contributed by atoms with Gasteiger partial charge in [0.05, 0.1) is 0 Å². The van der Waals surface area contributed by atoms with Crippen molar-refractivity contribution in [3.8, 4) is 0 Å². The van der Waals surface area contributed by atoms with Crippen LogP contribution in [-0.4, -0.2) is 37.7 Å². The van der Waals surface area contributed by atoms with E-state index in [-0.39, 0.29) is 18.0 Å². The molecule has 6 nitrogen and oxygen atoms in total. The molecule has 0 radical (unpaired) electrons. The Morgan fingerprint density at radius 3 is 2.48 bits per heavy atom. The predicted octanol–water partition coefficient (Wildman–Crippen LogP) is 2.76. The van der Waals surface area contributed by atoms with Crippen molar-refractivity contribution in [2.24, 2.45) is 0 Å². The molecule has 3 N–H and O–H groups in total. The molecule has 0 saturated carbocycles. The number of anilines is 1. The van der Waals surface area contributed by atoms with Crippen molar-refractivity contribution >= 4 is 17.6 Å². The van der Waals surface area contributed by atoms with Gasteiger partial charge < -0.3 is 20.7 Å². The third kappa shape index (κ3) is 7.65. The Labute approximate surface area is 138 Å². The number of rotatable bonds is 9. The zero-order chi connectivity index (χ0) is 17.1. The second-order valence-corrected chi connectivity index (χ2v) is 5.29. The molecular formula is C17H27N3O3. The Bertz CT molecular complexity index is 488. The van der Waals surface area contributed by atoms with Gasteiger partial charge in [-0.25, -0.2) is 4.79 Å². The van der Waals surface area contributed by atoms with E-state index in [0.717, 1.165) is 12.8 Å². The zero-order valence-corrected chi connectivity index (χ0v) is 14.1. The van der Waals surface area contributed by atoms with Crippen molar-refractivity contribution < 1.29 is 14.3 Å². The van der Waals surface area contributed by atoms with Crippen LogP contribution < -0.4 is 16.0 Å². The topological polar surface area (TPSA) is 79.5 Å². The summed E-state index contributed by atoms with van der Waals surface area (Å²) < 4.78 is 5.20. The number of hydrogen-bond donors (Lipinski definition) is 3. The molecule has 1 rings (SSSR count). The third-order valence-corrected chi connectivity index (χ3v) is 3.35. The van der Waals surface area contributed by atoms with Crippen molar-refractivity contribution in [1.82, 2.24) is 10.6 Å². The molecule has 0 fully saturated rings. The first-order valence-corrected chi connectivity index (χ1v) is 8.10. The van der Waals surface area contributed by atoms with Crippen LogP contribution in [0.15, 0.2) is 24.3 Å². The number of amides is 3. The molecule has 1 unspecified atom stereocenters. The van der Waals surface area contributed by atoms with Gasteiger partial charge in [0, 0.05) is 37.1 Å². The minimum absolute atomic E-state index is 0.105. The summed E-state index contributed by atoms with van der Waals surface area (Å²) in [5, 5.41) is 8.38. The molecule has 0 saturated heterocycles. The average Bonchev–Trinajstić information content (AvgIpc) is 2.55. The first-order chi connectivity index (χ1) is 11.1. The van der Waals surface area contributed by atoms with Crippen LogP contribution in [0, 0.1) is 0 Å². The van der Waals surface area contributed by atoms with E-state index in [4.69, 9.17) is 4.74 Å². The minimum Gasteiger partial charge on any atom is -0.382 e. The highest BCUT2D eigenvalue weighted by atomic mass is 16.5. The van der Waals surface area contributed by atoms with Crippen LogP contribution in [0.1, 0.15) is 44.0 Å². The predicted molar refractivity (Wildman–Crippen MR) is 91.8 cm³/mol. The first kappa shape index (κ1) is 19.0. The highest BCUT2D eigenvalue weighted by molar-refractivity contribution is 5.95. The van der Waals surface area contributed by atoms with E-state index in [1.54, 1.807) is 24.3 Å². The molecule has 23 heavy (non-hydrogen) atoms. The number of carbonyl (C=O) groups is 2. The summed E-state index contributed by atoms with van der Waals surface area (Å²) in [6.07, 6.45) is 1.66. The van der Waals surface area contributed by atoms with Crippen LogP contribution in [0.25, 0.3) is 0 Å². The molecule has 0 aliphatic rings. The van der Waals surface area contributed by atoms with Crippen LogP contribution >= 0.6 is 0 Å². The van der Waals surface area contributed by atoms with Crippen molar-refractivity contribution in [3.63, 3.8) is 0 Å².